The first-order chi connectivity index (χ1) is 8.96. The molecule has 3 nitrogen and oxygen atoms in total. The minimum atomic E-state index is -3.39. The van der Waals surface area contributed by atoms with E-state index in [-0.39, 0.29) is 5.92 Å². The van der Waals surface area contributed by atoms with Crippen LogP contribution in [0.25, 0.3) is 0 Å². The molecule has 0 aromatic heterocycles. The van der Waals surface area contributed by atoms with Crippen molar-refractivity contribution in [2.24, 2.45) is 5.92 Å². The summed E-state index contributed by atoms with van der Waals surface area (Å²) in [6.45, 7) is 3.88. The Kier molecular flexibility index (Phi) is 3.96. The van der Waals surface area contributed by atoms with Gasteiger partial charge in [0.25, 0.3) is 0 Å². The summed E-state index contributed by atoms with van der Waals surface area (Å²) in [5.74, 6) is -0.361. The first-order valence-corrected chi connectivity index (χ1v) is 8.22. The molecular weight excluding hydrogens is 258 g/mol. The first-order valence-electron chi connectivity index (χ1n) is 6.67. The molecule has 0 aliphatic heterocycles. The highest BCUT2D eigenvalue weighted by Gasteiger charge is 2.36. The molecule has 0 N–H and O–H groups in total. The van der Waals surface area contributed by atoms with Crippen LogP contribution in [0.15, 0.2) is 23.1 Å². The zero-order valence-corrected chi connectivity index (χ0v) is 12.2. The topological polar surface area (TPSA) is 57.9 Å². The fourth-order valence-corrected chi connectivity index (χ4v) is 4.74. The lowest BCUT2D eigenvalue weighted by Crippen LogP contribution is -2.32. The average Bonchev–Trinajstić information content (AvgIpc) is 2.41. The molecule has 0 spiro atoms. The van der Waals surface area contributed by atoms with Gasteiger partial charge in [0.2, 0.25) is 0 Å². The zero-order chi connectivity index (χ0) is 14.0. The van der Waals surface area contributed by atoms with Gasteiger partial charge in [0.1, 0.15) is 0 Å². The molecule has 1 aliphatic carbocycles. The summed E-state index contributed by atoms with van der Waals surface area (Å²) in [5.41, 5.74) is 2.06. The van der Waals surface area contributed by atoms with Gasteiger partial charge in [0, 0.05) is 0 Å². The van der Waals surface area contributed by atoms with Gasteiger partial charge in [-0.2, -0.15) is 5.26 Å². The van der Waals surface area contributed by atoms with Gasteiger partial charge >= 0.3 is 0 Å². The predicted molar refractivity (Wildman–Crippen MR) is 74.5 cm³/mol. The van der Waals surface area contributed by atoms with E-state index < -0.39 is 15.1 Å². The highest BCUT2D eigenvalue weighted by Crippen LogP contribution is 2.33. The number of aryl methyl sites for hydroxylation is 2. The maximum Gasteiger partial charge on any atom is 0.182 e. The van der Waals surface area contributed by atoms with Gasteiger partial charge in [-0.3, -0.25) is 0 Å². The molecule has 19 heavy (non-hydrogen) atoms. The molecule has 102 valence electrons. The summed E-state index contributed by atoms with van der Waals surface area (Å²) in [7, 11) is -3.39. The molecule has 2 rings (SSSR count). The zero-order valence-electron chi connectivity index (χ0n) is 11.4. The lowest BCUT2D eigenvalue weighted by Gasteiger charge is -2.26. The average molecular weight is 277 g/mol. The molecule has 0 saturated heterocycles. The Balaban J connectivity index is 2.41. The van der Waals surface area contributed by atoms with Crippen molar-refractivity contribution in [3.63, 3.8) is 0 Å². The van der Waals surface area contributed by atoms with Crippen molar-refractivity contribution >= 4 is 9.84 Å². The Hall–Kier alpha value is -1.34. The minimum Gasteiger partial charge on any atom is -0.223 e. The van der Waals surface area contributed by atoms with E-state index in [1.54, 1.807) is 12.1 Å². The fraction of sp³-hybridized carbons (Fsp3) is 0.533. The molecule has 1 saturated carbocycles. The summed E-state index contributed by atoms with van der Waals surface area (Å²) in [4.78, 5) is 0.364. The molecule has 1 aromatic carbocycles. The van der Waals surface area contributed by atoms with E-state index in [1.165, 1.54) is 0 Å². The lowest BCUT2D eigenvalue weighted by molar-refractivity contribution is 0.418. The van der Waals surface area contributed by atoms with E-state index in [2.05, 4.69) is 6.07 Å². The van der Waals surface area contributed by atoms with E-state index in [0.29, 0.717) is 17.7 Å². The van der Waals surface area contributed by atoms with E-state index in [9.17, 15) is 8.42 Å². The number of nitrogens with zero attached hydrogens (tertiary/aromatic N) is 1. The third-order valence-corrected chi connectivity index (χ3v) is 6.35. The van der Waals surface area contributed by atoms with Crippen LogP contribution in [-0.4, -0.2) is 13.7 Å². The second-order valence-electron chi connectivity index (χ2n) is 5.35. The number of rotatable bonds is 2. The van der Waals surface area contributed by atoms with Crippen molar-refractivity contribution in [3.8, 4) is 6.07 Å². The standard InChI is InChI=1S/C15H19NO2S/c1-11-7-8-14(9-12(11)2)19(17,18)15-6-4-3-5-13(15)10-16/h7-9,13,15H,3-6H2,1-2H3. The van der Waals surface area contributed by atoms with E-state index >= 15 is 0 Å². The second-order valence-corrected chi connectivity index (χ2v) is 7.52. The second kappa shape index (κ2) is 5.34. The van der Waals surface area contributed by atoms with Gasteiger partial charge in [-0.05, 0) is 49.9 Å². The first kappa shape index (κ1) is 14.1. The Bertz CT molecular complexity index is 614. The summed E-state index contributed by atoms with van der Waals surface area (Å²) >= 11 is 0. The molecule has 2 unspecified atom stereocenters. The van der Waals surface area contributed by atoms with Crippen molar-refractivity contribution < 1.29 is 8.42 Å². The Morgan fingerprint density at radius 3 is 2.47 bits per heavy atom. The maximum absolute atomic E-state index is 12.7. The van der Waals surface area contributed by atoms with Crippen LogP contribution in [0.2, 0.25) is 0 Å². The van der Waals surface area contributed by atoms with Crippen LogP contribution in [0.5, 0.6) is 0 Å². The Labute approximate surface area is 115 Å². The van der Waals surface area contributed by atoms with Crippen molar-refractivity contribution in [1.29, 1.82) is 5.26 Å². The van der Waals surface area contributed by atoms with Crippen LogP contribution in [0, 0.1) is 31.1 Å². The van der Waals surface area contributed by atoms with Crippen LogP contribution in [0.3, 0.4) is 0 Å². The van der Waals surface area contributed by atoms with Gasteiger partial charge in [0.05, 0.1) is 22.1 Å². The molecule has 0 amide bonds. The van der Waals surface area contributed by atoms with Gasteiger partial charge in [-0.15, -0.1) is 0 Å². The molecule has 0 radical (unpaired) electrons. The van der Waals surface area contributed by atoms with E-state index in [4.69, 9.17) is 5.26 Å². The van der Waals surface area contributed by atoms with Crippen molar-refractivity contribution in [2.45, 2.75) is 49.7 Å². The van der Waals surface area contributed by atoms with Gasteiger partial charge in [-0.1, -0.05) is 18.9 Å². The van der Waals surface area contributed by atoms with Crippen LogP contribution < -0.4 is 0 Å². The summed E-state index contributed by atoms with van der Waals surface area (Å²) in [6, 6.07) is 7.41. The van der Waals surface area contributed by atoms with Gasteiger partial charge in [-0.25, -0.2) is 8.42 Å². The summed E-state index contributed by atoms with van der Waals surface area (Å²) in [5, 5.41) is 8.62. The Morgan fingerprint density at radius 1 is 1.16 bits per heavy atom. The number of sulfone groups is 1. The monoisotopic (exact) mass is 277 g/mol. The van der Waals surface area contributed by atoms with Crippen LogP contribution in [-0.2, 0) is 9.84 Å². The number of nitriles is 1. The summed E-state index contributed by atoms with van der Waals surface area (Å²) < 4.78 is 25.3. The normalized spacial score (nSPS) is 23.8. The van der Waals surface area contributed by atoms with Gasteiger partial charge < -0.3 is 0 Å². The molecule has 0 heterocycles. The number of hydrogen-bond acceptors (Lipinski definition) is 3. The van der Waals surface area contributed by atoms with Crippen LogP contribution >= 0.6 is 0 Å². The predicted octanol–water partition coefficient (Wildman–Crippen LogP) is 3.16. The lowest BCUT2D eigenvalue weighted by atomic mass is 9.90. The highest BCUT2D eigenvalue weighted by atomic mass is 32.2. The molecular formula is C15H19NO2S. The van der Waals surface area contributed by atoms with E-state index in [1.807, 2.05) is 19.9 Å². The van der Waals surface area contributed by atoms with Crippen LogP contribution in [0.1, 0.15) is 36.8 Å². The fourth-order valence-electron chi connectivity index (χ4n) is 2.68. The third kappa shape index (κ3) is 2.66. The molecule has 4 heteroatoms. The van der Waals surface area contributed by atoms with Crippen molar-refractivity contribution in [3.05, 3.63) is 29.3 Å². The largest absolute Gasteiger partial charge is 0.223 e. The molecule has 1 aromatic rings. The van der Waals surface area contributed by atoms with E-state index in [0.717, 1.165) is 24.0 Å². The molecule has 1 aliphatic rings. The van der Waals surface area contributed by atoms with Crippen molar-refractivity contribution in [2.75, 3.05) is 0 Å². The van der Waals surface area contributed by atoms with Gasteiger partial charge in [0.15, 0.2) is 9.84 Å². The molecule has 0 bridgehead atoms. The minimum absolute atomic E-state index is 0.361. The van der Waals surface area contributed by atoms with Crippen LogP contribution in [0.4, 0.5) is 0 Å². The summed E-state index contributed by atoms with van der Waals surface area (Å²) in [6.07, 6.45) is 3.16. The SMILES string of the molecule is Cc1ccc(S(=O)(=O)C2CCCCC2C#N)cc1C. The highest BCUT2D eigenvalue weighted by molar-refractivity contribution is 7.92. The quantitative estimate of drug-likeness (QED) is 0.834. The van der Waals surface area contributed by atoms with Crippen molar-refractivity contribution in [1.82, 2.24) is 0 Å². The molecule has 2 atom stereocenters. The smallest absolute Gasteiger partial charge is 0.182 e. The molecule has 1 fully saturated rings. The Morgan fingerprint density at radius 2 is 1.84 bits per heavy atom. The maximum atomic E-state index is 12.7. The number of benzene rings is 1. The third-order valence-electron chi connectivity index (χ3n) is 4.07. The number of hydrogen-bond donors (Lipinski definition) is 0.